The first-order valence-electron chi connectivity index (χ1n) is 11.7. The van der Waals surface area contributed by atoms with Gasteiger partial charge in [-0.25, -0.2) is 10.1 Å². The van der Waals surface area contributed by atoms with Crippen molar-refractivity contribution in [1.29, 1.82) is 0 Å². The number of imidazole rings is 1. The van der Waals surface area contributed by atoms with Crippen LogP contribution in [-0.4, -0.2) is 71.9 Å². The Hall–Kier alpha value is -2.78. The van der Waals surface area contributed by atoms with E-state index in [9.17, 15) is 24.4 Å². The number of benzene rings is 1. The van der Waals surface area contributed by atoms with Crippen LogP contribution in [0.25, 0.3) is 11.2 Å². The van der Waals surface area contributed by atoms with E-state index in [2.05, 4.69) is 20.0 Å². The zero-order valence-electron chi connectivity index (χ0n) is 20.4. The molecule has 1 aromatic carbocycles. The highest BCUT2D eigenvalue weighted by Crippen LogP contribution is 2.61. The van der Waals surface area contributed by atoms with Gasteiger partial charge < -0.3 is 29.9 Å². The summed E-state index contributed by atoms with van der Waals surface area (Å²) >= 11 is 0.937. The topological polar surface area (TPSA) is 204 Å². The number of anilines is 1. The van der Waals surface area contributed by atoms with Gasteiger partial charge in [-0.15, -0.1) is 0 Å². The number of nitrogens with one attached hydrogen (secondary N) is 2. The van der Waals surface area contributed by atoms with E-state index in [4.69, 9.17) is 19.7 Å². The number of nitrogens with zero attached hydrogens (tertiary/aromatic N) is 3. The van der Waals surface area contributed by atoms with E-state index in [1.165, 1.54) is 17.8 Å². The maximum atomic E-state index is 13.2. The molecule has 4 heterocycles. The molecule has 2 aromatic heterocycles. The second-order valence-corrected chi connectivity index (χ2v) is 13.6. The molecule has 16 heteroatoms. The van der Waals surface area contributed by atoms with Gasteiger partial charge >= 0.3 is 12.7 Å². The third-order valence-electron chi connectivity index (χ3n) is 6.44. The molecule has 2 aliphatic rings. The summed E-state index contributed by atoms with van der Waals surface area (Å²) in [6, 6.07) is 8.37. The summed E-state index contributed by atoms with van der Waals surface area (Å²) in [6.45, 7) is -0.825. The van der Waals surface area contributed by atoms with Crippen LogP contribution >= 0.6 is 18.1 Å². The lowest BCUT2D eigenvalue weighted by Gasteiger charge is -2.27. The standard InChI is InChI=1S/C22H27N6O8PS/c1-11(12-6-4-3-5-7-12)35-19(31)13-9-38-37(33,27-13)34-8-14-16(29)22(2,32)20(36-14)28-10-24-15-17(28)25-21(23)26-18(15)30/h3-7,10-11,13-14,16,20,29,32H,8-9H2,1-2H3,(H,27,33)(H3,23,25,26,30)/t11-,13+,14?,16-,20?,22-,37?/m1/s1. The largest absolute Gasteiger partial charge is 0.457 e. The number of H-pyrrole nitrogens is 1. The van der Waals surface area contributed by atoms with Crippen LogP contribution in [-0.2, 0) is 23.4 Å². The molecule has 0 bridgehead atoms. The van der Waals surface area contributed by atoms with Gasteiger partial charge in [-0.2, -0.15) is 4.98 Å². The minimum Gasteiger partial charge on any atom is -0.457 e. The molecule has 0 radical (unpaired) electrons. The number of aromatic amines is 1. The summed E-state index contributed by atoms with van der Waals surface area (Å²) in [4.78, 5) is 35.1. The second-order valence-electron chi connectivity index (χ2n) is 9.23. The number of aliphatic hydroxyl groups excluding tert-OH is 1. The number of carbonyl (C=O) groups is 1. The SMILES string of the molecule is C[C@@H](OC(=O)[C@@H]1CSP(=O)(OCC2OC(n3cnc4c(=O)[nH]c(N)nc43)[C@](C)(O)[C@@H]2O)N1)c1ccccc1. The number of carbonyl (C=O) groups excluding carboxylic acids is 1. The average Bonchev–Trinajstić information content (AvgIpc) is 3.54. The summed E-state index contributed by atoms with van der Waals surface area (Å²) in [6.07, 6.45) is -3.03. The van der Waals surface area contributed by atoms with Crippen molar-refractivity contribution >= 4 is 41.2 Å². The summed E-state index contributed by atoms with van der Waals surface area (Å²) in [7, 11) is 0. The summed E-state index contributed by atoms with van der Waals surface area (Å²) < 4.78 is 31.5. The first kappa shape index (κ1) is 26.8. The van der Waals surface area contributed by atoms with E-state index in [0.717, 1.165) is 16.9 Å². The van der Waals surface area contributed by atoms with Crippen molar-refractivity contribution in [2.24, 2.45) is 0 Å². The molecule has 0 saturated carbocycles. The van der Waals surface area contributed by atoms with E-state index in [1.54, 1.807) is 6.92 Å². The van der Waals surface area contributed by atoms with Crippen LogP contribution in [0.4, 0.5) is 5.95 Å². The number of fused-ring (bicyclic) bond motifs is 1. The van der Waals surface area contributed by atoms with E-state index >= 15 is 0 Å². The van der Waals surface area contributed by atoms with Crippen molar-refractivity contribution in [3.05, 3.63) is 52.6 Å². The molecule has 204 valence electrons. The van der Waals surface area contributed by atoms with Crippen molar-refractivity contribution in [3.8, 4) is 0 Å². The molecule has 14 nitrogen and oxygen atoms in total. The van der Waals surface area contributed by atoms with Gasteiger partial charge in [-0.3, -0.25) is 23.7 Å². The quantitative estimate of drug-likeness (QED) is 0.199. The fourth-order valence-electron chi connectivity index (χ4n) is 4.35. The third kappa shape index (κ3) is 4.98. The van der Waals surface area contributed by atoms with Gasteiger partial charge in [-0.05, 0) is 19.4 Å². The Morgan fingerprint density at radius 2 is 2.16 bits per heavy atom. The number of aliphatic hydroxyl groups is 2. The summed E-state index contributed by atoms with van der Waals surface area (Å²) in [5, 5.41) is 24.5. The molecule has 6 N–H and O–H groups in total. The molecule has 0 spiro atoms. The molecule has 38 heavy (non-hydrogen) atoms. The minimum atomic E-state index is -3.55. The molecular formula is C22H27N6O8PS. The average molecular weight is 567 g/mol. The van der Waals surface area contributed by atoms with Crippen molar-refractivity contribution in [2.45, 2.75) is 50.0 Å². The molecule has 3 unspecified atom stereocenters. The van der Waals surface area contributed by atoms with Crippen LogP contribution in [0.1, 0.15) is 31.7 Å². The Labute approximate surface area is 220 Å². The van der Waals surface area contributed by atoms with Crippen molar-refractivity contribution < 1.29 is 33.6 Å². The number of nitrogen functional groups attached to an aromatic ring is 1. The molecule has 3 aromatic rings. The number of esters is 1. The van der Waals surface area contributed by atoms with Crippen molar-refractivity contribution in [2.75, 3.05) is 18.1 Å². The molecule has 2 saturated heterocycles. The number of nitrogens with two attached hydrogens (primary N) is 1. The maximum absolute atomic E-state index is 13.2. The highest BCUT2D eigenvalue weighted by Gasteiger charge is 2.54. The first-order valence-corrected chi connectivity index (χ1v) is 14.9. The molecule has 2 fully saturated rings. The summed E-state index contributed by atoms with van der Waals surface area (Å²) in [5.41, 5.74) is 4.07. The predicted octanol–water partition coefficient (Wildman–Crippen LogP) is 0.845. The van der Waals surface area contributed by atoms with Gasteiger partial charge in [0.15, 0.2) is 17.4 Å². The molecule has 5 rings (SSSR count). The van der Waals surface area contributed by atoms with E-state index in [-0.39, 0.29) is 29.5 Å². The predicted molar refractivity (Wildman–Crippen MR) is 137 cm³/mol. The van der Waals surface area contributed by atoms with Crippen LogP contribution in [0.15, 0.2) is 41.5 Å². The van der Waals surface area contributed by atoms with Crippen LogP contribution < -0.4 is 16.4 Å². The maximum Gasteiger partial charge on any atom is 0.327 e. The number of hydrogen-bond acceptors (Lipinski definition) is 12. The Kier molecular flexibility index (Phi) is 7.11. The van der Waals surface area contributed by atoms with Crippen LogP contribution in [0.5, 0.6) is 0 Å². The van der Waals surface area contributed by atoms with Gasteiger partial charge in [0, 0.05) is 5.75 Å². The van der Waals surface area contributed by atoms with Crippen molar-refractivity contribution in [3.63, 3.8) is 0 Å². The Bertz CT molecular complexity index is 1450. The lowest BCUT2D eigenvalue weighted by Crippen LogP contribution is -2.44. The zero-order valence-corrected chi connectivity index (χ0v) is 22.1. The first-order chi connectivity index (χ1) is 18.0. The Morgan fingerprint density at radius 3 is 2.89 bits per heavy atom. The van der Waals surface area contributed by atoms with Gasteiger partial charge in [0.2, 0.25) is 5.95 Å². The molecule has 0 aliphatic carbocycles. The van der Waals surface area contributed by atoms with E-state index in [1.807, 2.05) is 30.3 Å². The number of ether oxygens (including phenoxy) is 2. The second kappa shape index (κ2) is 10.1. The number of aromatic nitrogens is 4. The minimum absolute atomic E-state index is 0.0247. The van der Waals surface area contributed by atoms with Crippen LogP contribution in [0.2, 0.25) is 0 Å². The number of rotatable bonds is 7. The molecule has 7 atom stereocenters. The Balaban J connectivity index is 1.23. The van der Waals surface area contributed by atoms with E-state index in [0.29, 0.717) is 0 Å². The zero-order chi connectivity index (χ0) is 27.2. The van der Waals surface area contributed by atoms with Crippen LogP contribution in [0.3, 0.4) is 0 Å². The lowest BCUT2D eigenvalue weighted by atomic mass is 9.96. The van der Waals surface area contributed by atoms with Crippen molar-refractivity contribution in [1.82, 2.24) is 24.6 Å². The van der Waals surface area contributed by atoms with Gasteiger partial charge in [0.1, 0.15) is 30.0 Å². The molecular weight excluding hydrogens is 539 g/mol. The smallest absolute Gasteiger partial charge is 0.327 e. The summed E-state index contributed by atoms with van der Waals surface area (Å²) in [5.74, 6) is -0.561. The fourth-order valence-corrected chi connectivity index (χ4v) is 8.23. The Morgan fingerprint density at radius 1 is 1.42 bits per heavy atom. The molecule has 2 aliphatic heterocycles. The van der Waals surface area contributed by atoms with Gasteiger partial charge in [0.25, 0.3) is 5.56 Å². The van der Waals surface area contributed by atoms with Gasteiger partial charge in [-0.1, -0.05) is 41.7 Å². The fraction of sp³-hybridized carbons (Fsp3) is 0.455. The lowest BCUT2D eigenvalue weighted by molar-refractivity contribution is -0.150. The monoisotopic (exact) mass is 566 g/mol. The normalized spacial score (nSPS) is 32.0. The van der Waals surface area contributed by atoms with Gasteiger partial charge in [0.05, 0.1) is 12.9 Å². The number of hydrogen-bond donors (Lipinski definition) is 5. The van der Waals surface area contributed by atoms with E-state index < -0.39 is 54.4 Å². The highest BCUT2D eigenvalue weighted by molar-refractivity contribution is 8.56. The molecule has 0 amide bonds. The third-order valence-corrected chi connectivity index (χ3v) is 10.5. The van der Waals surface area contributed by atoms with Crippen LogP contribution in [0, 0.1) is 0 Å². The highest BCUT2D eigenvalue weighted by atomic mass is 32.7.